The van der Waals surface area contributed by atoms with Crippen LogP contribution in [0.25, 0.3) is 16.6 Å². The quantitative estimate of drug-likeness (QED) is 0.556. The zero-order chi connectivity index (χ0) is 10.1. The average Bonchev–Trinajstić information content (AvgIpc) is 2.74. The molecule has 3 aromatic rings. The van der Waals surface area contributed by atoms with Gasteiger partial charge in [-0.05, 0) is 29.8 Å². The minimum Gasteiger partial charge on any atom is -0.323 e. The lowest BCUT2D eigenvalue weighted by Crippen LogP contribution is -1.80. The number of hydrogen-bond acceptors (Lipinski definition) is 0. The molecule has 0 N–H and O–H groups in total. The van der Waals surface area contributed by atoms with Crippen molar-refractivity contribution in [2.75, 3.05) is 0 Å². The Bertz CT molecular complexity index is 578. The predicted octanol–water partition coefficient (Wildman–Crippen LogP) is 3.41. The molecule has 0 unspecified atom stereocenters. The van der Waals surface area contributed by atoms with E-state index < -0.39 is 0 Å². The van der Waals surface area contributed by atoms with Crippen LogP contribution in [-0.2, 0) is 0 Å². The lowest BCUT2D eigenvalue weighted by Gasteiger charge is -1.99. The van der Waals surface area contributed by atoms with Crippen LogP contribution in [0, 0.1) is 6.07 Å². The number of fused-ring (bicyclic) bond motifs is 1. The normalized spacial score (nSPS) is 10.7. The van der Waals surface area contributed by atoms with Crippen LogP contribution in [0.5, 0.6) is 0 Å². The summed E-state index contributed by atoms with van der Waals surface area (Å²) in [5, 5.41) is 0. The third-order valence-electron chi connectivity index (χ3n) is 2.60. The van der Waals surface area contributed by atoms with Gasteiger partial charge in [-0.15, -0.1) is 0 Å². The smallest absolute Gasteiger partial charge is 0.0528 e. The van der Waals surface area contributed by atoms with E-state index in [0.717, 1.165) is 0 Å². The molecule has 1 heteroatoms. The second-order valence-electron chi connectivity index (χ2n) is 3.51. The van der Waals surface area contributed by atoms with Crippen molar-refractivity contribution in [3.8, 4) is 11.1 Å². The fourth-order valence-corrected chi connectivity index (χ4v) is 1.87. The third-order valence-corrected chi connectivity index (χ3v) is 2.60. The molecule has 1 radical (unpaired) electrons. The topological polar surface area (TPSA) is 4.41 Å². The monoisotopic (exact) mass is 192 g/mol. The molecule has 0 aliphatic heterocycles. The summed E-state index contributed by atoms with van der Waals surface area (Å²) in [6.07, 6.45) is 4.15. The van der Waals surface area contributed by atoms with Gasteiger partial charge in [-0.25, -0.2) is 0 Å². The molecular weight excluding hydrogens is 182 g/mol. The zero-order valence-electron chi connectivity index (χ0n) is 8.22. The van der Waals surface area contributed by atoms with Crippen LogP contribution >= 0.6 is 0 Å². The van der Waals surface area contributed by atoms with E-state index in [2.05, 4.69) is 53.2 Å². The Hall–Kier alpha value is -2.02. The highest BCUT2D eigenvalue weighted by Gasteiger charge is 2.02. The fraction of sp³-hybridized carbons (Fsp3) is 0. The Morgan fingerprint density at radius 2 is 1.73 bits per heavy atom. The van der Waals surface area contributed by atoms with Gasteiger partial charge in [0.05, 0.1) is 5.52 Å². The van der Waals surface area contributed by atoms with E-state index in [1.54, 1.807) is 0 Å². The molecule has 3 rings (SSSR count). The van der Waals surface area contributed by atoms with Crippen LogP contribution in [-0.4, -0.2) is 4.40 Å². The van der Waals surface area contributed by atoms with Gasteiger partial charge in [-0.1, -0.05) is 30.3 Å². The SMILES string of the molecule is [c]1ccc(-c2ccn3ccccc23)cc1. The first-order chi connectivity index (χ1) is 7.45. The van der Waals surface area contributed by atoms with Gasteiger partial charge in [0, 0.05) is 18.0 Å². The highest BCUT2D eigenvalue weighted by molar-refractivity contribution is 5.80. The third kappa shape index (κ3) is 1.33. The predicted molar refractivity (Wildman–Crippen MR) is 61.7 cm³/mol. The molecule has 0 aliphatic carbocycles. The van der Waals surface area contributed by atoms with Crippen LogP contribution in [0.15, 0.2) is 60.9 Å². The van der Waals surface area contributed by atoms with Crippen molar-refractivity contribution in [3.63, 3.8) is 0 Å². The largest absolute Gasteiger partial charge is 0.323 e. The summed E-state index contributed by atoms with van der Waals surface area (Å²) in [6.45, 7) is 0. The lowest BCUT2D eigenvalue weighted by molar-refractivity contribution is 1.20. The van der Waals surface area contributed by atoms with Gasteiger partial charge in [0.1, 0.15) is 0 Å². The standard InChI is InChI=1S/C14H10N/c1-2-6-12(7-3-1)13-9-11-15-10-5-4-8-14(13)15/h2-11H. The summed E-state index contributed by atoms with van der Waals surface area (Å²) < 4.78 is 2.13. The van der Waals surface area contributed by atoms with Gasteiger partial charge in [-0.3, -0.25) is 0 Å². The molecule has 1 nitrogen and oxygen atoms in total. The Balaban J connectivity index is 2.28. The highest BCUT2D eigenvalue weighted by Crippen LogP contribution is 2.24. The molecule has 0 spiro atoms. The second kappa shape index (κ2) is 3.28. The van der Waals surface area contributed by atoms with Crippen LogP contribution in [0.4, 0.5) is 0 Å². The van der Waals surface area contributed by atoms with Crippen molar-refractivity contribution < 1.29 is 0 Å². The van der Waals surface area contributed by atoms with E-state index in [1.807, 2.05) is 18.2 Å². The van der Waals surface area contributed by atoms with Crippen molar-refractivity contribution in [1.29, 1.82) is 0 Å². The summed E-state index contributed by atoms with van der Waals surface area (Å²) in [5.74, 6) is 0. The van der Waals surface area contributed by atoms with Gasteiger partial charge in [-0.2, -0.15) is 0 Å². The summed E-state index contributed by atoms with van der Waals surface area (Å²) in [4.78, 5) is 0. The molecule has 0 saturated carbocycles. The average molecular weight is 192 g/mol. The Kier molecular flexibility index (Phi) is 1.82. The molecule has 0 aliphatic rings. The summed E-state index contributed by atoms with van der Waals surface area (Å²) in [5.41, 5.74) is 3.75. The van der Waals surface area contributed by atoms with Crippen molar-refractivity contribution in [2.24, 2.45) is 0 Å². The van der Waals surface area contributed by atoms with Gasteiger partial charge in [0.25, 0.3) is 0 Å². The zero-order valence-corrected chi connectivity index (χ0v) is 8.22. The van der Waals surface area contributed by atoms with Gasteiger partial charge >= 0.3 is 0 Å². The molecule has 71 valence electrons. The van der Waals surface area contributed by atoms with Crippen molar-refractivity contribution in [3.05, 3.63) is 67.0 Å². The first-order valence-electron chi connectivity index (χ1n) is 4.97. The molecule has 0 fully saturated rings. The van der Waals surface area contributed by atoms with Gasteiger partial charge in [0.15, 0.2) is 0 Å². The number of rotatable bonds is 1. The number of nitrogens with zero attached hydrogens (tertiary/aromatic N) is 1. The maximum Gasteiger partial charge on any atom is 0.0528 e. The molecule has 15 heavy (non-hydrogen) atoms. The molecule has 0 amide bonds. The minimum absolute atomic E-state index is 1.24. The van der Waals surface area contributed by atoms with Crippen LogP contribution in [0.1, 0.15) is 0 Å². The van der Waals surface area contributed by atoms with Gasteiger partial charge < -0.3 is 4.40 Å². The van der Waals surface area contributed by atoms with Crippen molar-refractivity contribution >= 4 is 5.52 Å². The number of pyridine rings is 1. The van der Waals surface area contributed by atoms with E-state index in [4.69, 9.17) is 0 Å². The maximum absolute atomic E-state index is 3.04. The van der Waals surface area contributed by atoms with E-state index in [9.17, 15) is 0 Å². The first kappa shape index (κ1) is 8.30. The van der Waals surface area contributed by atoms with Gasteiger partial charge in [0.2, 0.25) is 0 Å². The van der Waals surface area contributed by atoms with E-state index in [0.29, 0.717) is 0 Å². The van der Waals surface area contributed by atoms with E-state index >= 15 is 0 Å². The number of hydrogen-bond donors (Lipinski definition) is 0. The summed E-state index contributed by atoms with van der Waals surface area (Å²) in [6, 6.07) is 19.5. The molecule has 0 atom stereocenters. The molecule has 2 heterocycles. The van der Waals surface area contributed by atoms with Crippen molar-refractivity contribution in [1.82, 2.24) is 4.40 Å². The maximum atomic E-state index is 3.04. The number of benzene rings is 1. The van der Waals surface area contributed by atoms with Crippen molar-refractivity contribution in [2.45, 2.75) is 0 Å². The first-order valence-corrected chi connectivity index (χ1v) is 4.97. The summed E-state index contributed by atoms with van der Waals surface area (Å²) in [7, 11) is 0. The number of aromatic nitrogens is 1. The Morgan fingerprint density at radius 1 is 0.867 bits per heavy atom. The molecular formula is C14H10N. The fourth-order valence-electron chi connectivity index (χ4n) is 1.87. The van der Waals surface area contributed by atoms with Crippen LogP contribution in [0.3, 0.4) is 0 Å². The second-order valence-corrected chi connectivity index (χ2v) is 3.51. The van der Waals surface area contributed by atoms with Crippen LogP contribution in [0.2, 0.25) is 0 Å². The Labute approximate surface area is 88.6 Å². The molecule has 1 aromatic carbocycles. The van der Waals surface area contributed by atoms with Crippen LogP contribution < -0.4 is 0 Å². The minimum atomic E-state index is 1.24. The molecule has 0 saturated heterocycles. The summed E-state index contributed by atoms with van der Waals surface area (Å²) >= 11 is 0. The molecule has 2 aromatic heterocycles. The highest BCUT2D eigenvalue weighted by atomic mass is 14.8. The molecule has 0 bridgehead atoms. The van der Waals surface area contributed by atoms with E-state index in [-0.39, 0.29) is 0 Å². The lowest BCUT2D eigenvalue weighted by atomic mass is 10.1. The van der Waals surface area contributed by atoms with E-state index in [1.165, 1.54) is 16.6 Å². The Morgan fingerprint density at radius 3 is 2.60 bits per heavy atom.